The lowest BCUT2D eigenvalue weighted by Gasteiger charge is -2.70. The summed E-state index contributed by atoms with van der Waals surface area (Å²) in [6.45, 7) is 6.28. The van der Waals surface area contributed by atoms with Crippen molar-refractivity contribution in [1.29, 1.82) is 0 Å². The van der Waals surface area contributed by atoms with Crippen LogP contribution in [0.3, 0.4) is 0 Å². The predicted octanol–water partition coefficient (Wildman–Crippen LogP) is 1.47. The highest BCUT2D eigenvalue weighted by Crippen LogP contribution is 2.72. The molecule has 0 aromatic heterocycles. The predicted molar refractivity (Wildman–Crippen MR) is 68.8 cm³/mol. The van der Waals surface area contributed by atoms with Gasteiger partial charge in [-0.15, -0.1) is 0 Å². The summed E-state index contributed by atoms with van der Waals surface area (Å²) in [6.07, 6.45) is 5.68. The molecular weight excluding hydrogens is 228 g/mol. The fourth-order valence-electron chi connectivity index (χ4n) is 4.95. The fourth-order valence-corrected chi connectivity index (χ4v) is 4.95. The summed E-state index contributed by atoms with van der Waals surface area (Å²) < 4.78 is 0. The zero-order valence-electron chi connectivity index (χ0n) is 11.5. The highest BCUT2D eigenvalue weighted by molar-refractivity contribution is 5.32. The zero-order valence-corrected chi connectivity index (χ0v) is 11.5. The quantitative estimate of drug-likeness (QED) is 0.619. The maximum Gasteiger partial charge on any atom is 0.0784 e. The van der Waals surface area contributed by atoms with Gasteiger partial charge in [-0.2, -0.15) is 0 Å². The molecule has 0 unspecified atom stereocenters. The lowest BCUT2D eigenvalue weighted by molar-refractivity contribution is -0.291. The molecule has 0 heterocycles. The lowest BCUT2D eigenvalue weighted by atomic mass is 9.36. The van der Waals surface area contributed by atoms with Crippen LogP contribution in [0.5, 0.6) is 0 Å². The molecule has 3 nitrogen and oxygen atoms in total. The van der Waals surface area contributed by atoms with Crippen molar-refractivity contribution in [1.82, 2.24) is 0 Å². The maximum atomic E-state index is 11.0. The first kappa shape index (κ1) is 12.6. The van der Waals surface area contributed by atoms with Crippen LogP contribution in [0.4, 0.5) is 0 Å². The minimum Gasteiger partial charge on any atom is -0.395 e. The topological polar surface area (TPSA) is 60.7 Å². The molecule has 0 spiro atoms. The van der Waals surface area contributed by atoms with Crippen LogP contribution < -0.4 is 0 Å². The molecule has 18 heavy (non-hydrogen) atoms. The molecule has 0 amide bonds. The third kappa shape index (κ3) is 1.04. The van der Waals surface area contributed by atoms with Crippen LogP contribution in [0, 0.1) is 22.2 Å². The second-order valence-electron chi connectivity index (χ2n) is 7.48. The van der Waals surface area contributed by atoms with Crippen LogP contribution in [0.15, 0.2) is 12.2 Å². The van der Waals surface area contributed by atoms with Crippen molar-refractivity contribution < 1.29 is 15.3 Å². The highest BCUT2D eigenvalue weighted by Gasteiger charge is 2.73. The van der Waals surface area contributed by atoms with Gasteiger partial charge in [0.15, 0.2) is 0 Å². The second-order valence-corrected chi connectivity index (χ2v) is 7.48. The number of hydrogen-bond donors (Lipinski definition) is 3. The molecule has 2 saturated carbocycles. The van der Waals surface area contributed by atoms with E-state index in [4.69, 9.17) is 0 Å². The molecule has 3 N–H and O–H groups in total. The third-order valence-electron chi connectivity index (χ3n) is 6.66. The van der Waals surface area contributed by atoms with E-state index in [0.717, 1.165) is 19.3 Å². The molecule has 3 aliphatic rings. The van der Waals surface area contributed by atoms with E-state index in [1.165, 1.54) is 0 Å². The summed E-state index contributed by atoms with van der Waals surface area (Å²) in [7, 11) is 0. The van der Waals surface area contributed by atoms with Crippen LogP contribution in [0.25, 0.3) is 0 Å². The molecule has 3 heteroatoms. The van der Waals surface area contributed by atoms with Crippen molar-refractivity contribution in [3.63, 3.8) is 0 Å². The number of aliphatic hydroxyl groups excluding tert-OH is 2. The molecule has 0 saturated heterocycles. The number of rotatable bonds is 1. The smallest absolute Gasteiger partial charge is 0.0784 e. The van der Waals surface area contributed by atoms with Crippen molar-refractivity contribution in [3.05, 3.63) is 12.2 Å². The minimum absolute atomic E-state index is 0.0140. The van der Waals surface area contributed by atoms with Gasteiger partial charge in [0.05, 0.1) is 18.3 Å². The van der Waals surface area contributed by atoms with E-state index in [1.54, 1.807) is 0 Å². The molecule has 0 bridgehead atoms. The summed E-state index contributed by atoms with van der Waals surface area (Å²) >= 11 is 0. The van der Waals surface area contributed by atoms with Gasteiger partial charge in [0.1, 0.15) is 0 Å². The Kier molecular flexibility index (Phi) is 2.24. The number of fused-ring (bicyclic) bond motifs is 3. The summed E-state index contributed by atoms with van der Waals surface area (Å²) in [5.41, 5.74) is -1.55. The largest absolute Gasteiger partial charge is 0.395 e. The fraction of sp³-hybridized carbons (Fsp3) is 0.867. The van der Waals surface area contributed by atoms with E-state index in [9.17, 15) is 15.3 Å². The number of hydrogen-bond acceptors (Lipinski definition) is 3. The minimum atomic E-state index is -0.691. The van der Waals surface area contributed by atoms with Gasteiger partial charge in [0.25, 0.3) is 0 Å². The summed E-state index contributed by atoms with van der Waals surface area (Å²) in [6, 6.07) is 0. The standard InChI is InChI=1S/C15H24O3/c1-12(2)8-10-14(9-16)5-4-11(17)13(14,3)6-7-15(10,12)18/h4-5,10-11,16-18H,6-9H2,1-3H3/t10-,11-,13-,14-,15+/m1/s1. The Balaban J connectivity index is 2.07. The molecule has 0 aliphatic heterocycles. The second kappa shape index (κ2) is 3.20. The third-order valence-corrected chi connectivity index (χ3v) is 6.66. The van der Waals surface area contributed by atoms with Crippen LogP contribution in [-0.4, -0.2) is 33.6 Å². The molecule has 0 radical (unpaired) electrons. The Hall–Kier alpha value is -0.380. The highest BCUT2D eigenvalue weighted by atomic mass is 16.3. The van der Waals surface area contributed by atoms with Gasteiger partial charge < -0.3 is 15.3 Å². The number of aliphatic hydroxyl groups is 3. The molecule has 2 fully saturated rings. The average Bonchev–Trinajstić information content (AvgIpc) is 2.58. The summed E-state index contributed by atoms with van der Waals surface area (Å²) in [5.74, 6) is 0.0668. The normalized spacial score (nSPS) is 56.8. The first-order valence-electron chi connectivity index (χ1n) is 6.94. The van der Waals surface area contributed by atoms with Gasteiger partial charge in [-0.3, -0.25) is 0 Å². The molecule has 3 rings (SSSR count). The van der Waals surface area contributed by atoms with Crippen molar-refractivity contribution in [2.45, 2.75) is 51.7 Å². The first-order valence-corrected chi connectivity index (χ1v) is 6.94. The van der Waals surface area contributed by atoms with E-state index < -0.39 is 17.1 Å². The first-order chi connectivity index (χ1) is 8.23. The Morgan fingerprint density at radius 3 is 2.44 bits per heavy atom. The van der Waals surface area contributed by atoms with Crippen molar-refractivity contribution in [2.24, 2.45) is 22.2 Å². The zero-order chi connectivity index (χ0) is 13.4. The Labute approximate surface area is 109 Å². The Bertz CT molecular complexity index is 416. The van der Waals surface area contributed by atoms with Crippen molar-refractivity contribution >= 4 is 0 Å². The monoisotopic (exact) mass is 252 g/mol. The molecule has 0 aromatic carbocycles. The summed E-state index contributed by atoms with van der Waals surface area (Å²) in [5, 5.41) is 31.2. The summed E-state index contributed by atoms with van der Waals surface area (Å²) in [4.78, 5) is 0. The SMILES string of the molecule is CC1(C)C[C@H]2[C@@]1(O)CC[C@]1(C)[C@H](O)C=C[C@@]21CO. The molecule has 102 valence electrons. The van der Waals surface area contributed by atoms with Gasteiger partial charge in [-0.05, 0) is 24.7 Å². The van der Waals surface area contributed by atoms with E-state index in [2.05, 4.69) is 20.8 Å². The molecular formula is C15H24O3. The van der Waals surface area contributed by atoms with Crippen LogP contribution in [0.2, 0.25) is 0 Å². The molecule has 0 aromatic rings. The van der Waals surface area contributed by atoms with Crippen LogP contribution in [-0.2, 0) is 0 Å². The van der Waals surface area contributed by atoms with Gasteiger partial charge in [-0.25, -0.2) is 0 Å². The van der Waals surface area contributed by atoms with Crippen molar-refractivity contribution in [3.8, 4) is 0 Å². The maximum absolute atomic E-state index is 11.0. The van der Waals surface area contributed by atoms with Gasteiger partial charge in [0, 0.05) is 16.7 Å². The van der Waals surface area contributed by atoms with Crippen LogP contribution >= 0.6 is 0 Å². The Morgan fingerprint density at radius 2 is 1.89 bits per heavy atom. The van der Waals surface area contributed by atoms with E-state index >= 15 is 0 Å². The van der Waals surface area contributed by atoms with Gasteiger partial charge in [0.2, 0.25) is 0 Å². The van der Waals surface area contributed by atoms with Crippen LogP contribution in [0.1, 0.15) is 40.0 Å². The molecule has 3 aliphatic carbocycles. The van der Waals surface area contributed by atoms with E-state index in [1.807, 2.05) is 12.2 Å². The van der Waals surface area contributed by atoms with Gasteiger partial charge >= 0.3 is 0 Å². The van der Waals surface area contributed by atoms with E-state index in [0.29, 0.717) is 0 Å². The molecule has 5 atom stereocenters. The lowest BCUT2D eigenvalue weighted by Crippen LogP contribution is -2.72. The van der Waals surface area contributed by atoms with E-state index in [-0.39, 0.29) is 23.4 Å². The Morgan fingerprint density at radius 1 is 1.22 bits per heavy atom. The van der Waals surface area contributed by atoms with Crippen molar-refractivity contribution in [2.75, 3.05) is 6.61 Å². The average molecular weight is 252 g/mol. The van der Waals surface area contributed by atoms with Gasteiger partial charge in [-0.1, -0.05) is 32.9 Å².